The maximum absolute atomic E-state index is 13.7. The van der Waals surface area contributed by atoms with Crippen molar-refractivity contribution in [3.63, 3.8) is 0 Å². The molecular weight excluding hydrogens is 538 g/mol. The standard InChI is InChI=1S/C27H37N5O7S/c1-5-7-19-16-30(3)25-24(19)28-26(29-27(25)34)21-15-20(8-9-23(21)38-14-6-2)40(36,37)32-12-10-18(11-13-32)22(33)17-39-31(4)35/h8-9,15-16,18,22,33H,4-7,10-14,17H2,1-3H3,(H,28,29,34)/t22-/m1/s1. The number of rotatable bonds is 12. The minimum atomic E-state index is -3.90. The summed E-state index contributed by atoms with van der Waals surface area (Å²) in [6, 6.07) is 4.59. The second kappa shape index (κ2) is 12.4. The van der Waals surface area contributed by atoms with Gasteiger partial charge in [-0.3, -0.25) is 10.0 Å². The van der Waals surface area contributed by atoms with E-state index in [9.17, 15) is 23.5 Å². The number of aliphatic hydroxyl groups is 1. The van der Waals surface area contributed by atoms with Crippen LogP contribution in [0.25, 0.3) is 22.4 Å². The molecular formula is C27H37N5O7S. The molecule has 0 unspecified atom stereocenters. The average molecular weight is 576 g/mol. The number of sulfonamides is 1. The Bertz CT molecular complexity index is 1520. The quantitative estimate of drug-likeness (QED) is 0.190. The van der Waals surface area contributed by atoms with Gasteiger partial charge in [-0.1, -0.05) is 20.3 Å². The Kier molecular flexibility index (Phi) is 9.16. The van der Waals surface area contributed by atoms with Crippen LogP contribution < -0.4 is 10.3 Å². The number of hydrogen-bond donors (Lipinski definition) is 2. The molecule has 1 aromatic carbocycles. The molecule has 0 amide bonds. The molecule has 12 nitrogen and oxygen atoms in total. The number of piperidine rings is 1. The number of aryl methyl sites for hydroxylation is 2. The lowest BCUT2D eigenvalue weighted by Gasteiger charge is -2.33. The highest BCUT2D eigenvalue weighted by molar-refractivity contribution is 7.89. The predicted octanol–water partition coefficient (Wildman–Crippen LogP) is 2.57. The summed E-state index contributed by atoms with van der Waals surface area (Å²) in [5.41, 5.74) is 2.06. The molecule has 0 spiro atoms. The molecule has 3 aromatic rings. The summed E-state index contributed by atoms with van der Waals surface area (Å²) in [6.07, 6.45) is 4.19. The van der Waals surface area contributed by atoms with Gasteiger partial charge in [-0.25, -0.2) is 13.4 Å². The number of nitrogens with zero attached hydrogens (tertiary/aromatic N) is 4. The van der Waals surface area contributed by atoms with Crippen molar-refractivity contribution in [2.75, 3.05) is 26.3 Å². The molecule has 40 heavy (non-hydrogen) atoms. The number of ether oxygens (including phenoxy) is 1. The van der Waals surface area contributed by atoms with Gasteiger partial charge in [0.05, 0.1) is 35.3 Å². The lowest BCUT2D eigenvalue weighted by Crippen LogP contribution is -2.42. The van der Waals surface area contributed by atoms with Crippen LogP contribution in [0, 0.1) is 11.1 Å². The fourth-order valence-electron chi connectivity index (χ4n) is 5.10. The fourth-order valence-corrected chi connectivity index (χ4v) is 6.59. The van der Waals surface area contributed by atoms with Crippen molar-refractivity contribution < 1.29 is 28.0 Å². The topological polar surface area (TPSA) is 153 Å². The van der Waals surface area contributed by atoms with Crippen LogP contribution >= 0.6 is 0 Å². The third-order valence-corrected chi connectivity index (χ3v) is 9.05. The maximum atomic E-state index is 13.7. The molecule has 1 aliphatic rings. The highest BCUT2D eigenvalue weighted by atomic mass is 32.2. The number of aromatic amines is 1. The predicted molar refractivity (Wildman–Crippen MR) is 151 cm³/mol. The molecule has 3 heterocycles. The molecule has 0 aliphatic carbocycles. The minimum absolute atomic E-state index is 0.0382. The molecule has 2 N–H and O–H groups in total. The Morgan fingerprint density at radius 2 is 2.00 bits per heavy atom. The largest absolute Gasteiger partial charge is 0.493 e. The molecule has 1 fully saturated rings. The Morgan fingerprint density at radius 1 is 1.27 bits per heavy atom. The van der Waals surface area contributed by atoms with E-state index in [1.807, 2.05) is 13.1 Å². The number of fused-ring (bicyclic) bond motifs is 1. The van der Waals surface area contributed by atoms with E-state index in [-0.39, 0.29) is 46.8 Å². The Balaban J connectivity index is 1.67. The molecule has 4 rings (SSSR count). The lowest BCUT2D eigenvalue weighted by molar-refractivity contribution is -0.737. The molecule has 2 aromatic heterocycles. The van der Waals surface area contributed by atoms with Crippen LogP contribution in [-0.4, -0.2) is 76.4 Å². The zero-order valence-electron chi connectivity index (χ0n) is 23.1. The van der Waals surface area contributed by atoms with Crippen LogP contribution in [0.15, 0.2) is 34.1 Å². The molecule has 0 bridgehead atoms. The summed E-state index contributed by atoms with van der Waals surface area (Å²) in [7, 11) is -2.10. The van der Waals surface area contributed by atoms with E-state index >= 15 is 0 Å². The molecule has 218 valence electrons. The number of aromatic nitrogens is 3. The van der Waals surface area contributed by atoms with E-state index in [4.69, 9.17) is 14.6 Å². The van der Waals surface area contributed by atoms with Gasteiger partial charge < -0.3 is 24.2 Å². The van der Waals surface area contributed by atoms with Crippen LogP contribution in [0.5, 0.6) is 5.75 Å². The Hall–Kier alpha value is -3.42. The van der Waals surface area contributed by atoms with Gasteiger partial charge in [0, 0.05) is 31.2 Å². The van der Waals surface area contributed by atoms with Crippen molar-refractivity contribution in [2.24, 2.45) is 13.0 Å². The third kappa shape index (κ3) is 6.16. The van der Waals surface area contributed by atoms with Crippen molar-refractivity contribution in [3.05, 3.63) is 45.5 Å². The number of nitrogens with one attached hydrogen (secondary N) is 1. The van der Waals surface area contributed by atoms with Crippen LogP contribution in [0.2, 0.25) is 0 Å². The van der Waals surface area contributed by atoms with Crippen molar-refractivity contribution >= 4 is 27.8 Å². The maximum Gasteiger partial charge on any atom is 0.275 e. The summed E-state index contributed by atoms with van der Waals surface area (Å²) in [6.45, 7) is 7.67. The van der Waals surface area contributed by atoms with Crippen LogP contribution in [0.1, 0.15) is 45.1 Å². The molecule has 1 aliphatic heterocycles. The van der Waals surface area contributed by atoms with Gasteiger partial charge in [0.1, 0.15) is 17.1 Å². The zero-order chi connectivity index (χ0) is 29.0. The van der Waals surface area contributed by atoms with Gasteiger partial charge in [-0.15, -0.1) is 0 Å². The van der Waals surface area contributed by atoms with Gasteiger partial charge >= 0.3 is 0 Å². The molecule has 1 saturated heterocycles. The van der Waals surface area contributed by atoms with Gasteiger partial charge in [-0.2, -0.15) is 4.31 Å². The highest BCUT2D eigenvalue weighted by Gasteiger charge is 2.33. The first-order chi connectivity index (χ1) is 19.1. The van der Waals surface area contributed by atoms with E-state index in [2.05, 4.69) is 18.6 Å². The Labute approximate surface area is 233 Å². The molecule has 0 radical (unpaired) electrons. The zero-order valence-corrected chi connectivity index (χ0v) is 23.9. The van der Waals surface area contributed by atoms with Gasteiger partial charge in [0.2, 0.25) is 10.0 Å². The van der Waals surface area contributed by atoms with Crippen molar-refractivity contribution in [1.29, 1.82) is 0 Å². The van der Waals surface area contributed by atoms with Crippen molar-refractivity contribution in [2.45, 2.75) is 57.0 Å². The van der Waals surface area contributed by atoms with E-state index in [0.717, 1.165) is 24.8 Å². The van der Waals surface area contributed by atoms with E-state index in [0.29, 0.717) is 41.8 Å². The molecule has 1 atom stereocenters. The summed E-state index contributed by atoms with van der Waals surface area (Å²) in [5, 5.41) is 21.2. The first-order valence-corrected chi connectivity index (χ1v) is 14.9. The number of hydrogen-bond acceptors (Lipinski definition) is 8. The SMILES string of the molecule is C=[N+]([O-])OC[C@@H](O)C1CCN(S(=O)(=O)c2ccc(OCCC)c(-c3nc4c(CCC)cn(C)c4c(=O)[nH]3)c2)CC1. The third-order valence-electron chi connectivity index (χ3n) is 7.16. The lowest BCUT2D eigenvalue weighted by atomic mass is 9.93. The highest BCUT2D eigenvalue weighted by Crippen LogP contribution is 2.34. The van der Waals surface area contributed by atoms with E-state index in [1.54, 1.807) is 17.7 Å². The minimum Gasteiger partial charge on any atom is -0.493 e. The van der Waals surface area contributed by atoms with E-state index in [1.165, 1.54) is 16.4 Å². The van der Waals surface area contributed by atoms with E-state index < -0.39 is 16.1 Å². The van der Waals surface area contributed by atoms with Crippen LogP contribution in [0.4, 0.5) is 0 Å². The van der Waals surface area contributed by atoms with Crippen molar-refractivity contribution in [1.82, 2.24) is 18.8 Å². The smallest absolute Gasteiger partial charge is 0.275 e. The van der Waals surface area contributed by atoms with Gasteiger partial charge in [-0.05, 0) is 55.4 Å². The normalized spacial score (nSPS) is 15.8. The van der Waals surface area contributed by atoms with Gasteiger partial charge in [0.25, 0.3) is 5.56 Å². The second-order valence-electron chi connectivity index (χ2n) is 10.1. The molecule has 0 saturated carbocycles. The first kappa shape index (κ1) is 29.6. The van der Waals surface area contributed by atoms with Crippen molar-refractivity contribution in [3.8, 4) is 17.1 Å². The number of aliphatic hydroxyl groups excluding tert-OH is 1. The number of benzene rings is 1. The first-order valence-electron chi connectivity index (χ1n) is 13.5. The monoisotopic (exact) mass is 575 g/mol. The fraction of sp³-hybridized carbons (Fsp3) is 0.519. The summed E-state index contributed by atoms with van der Waals surface area (Å²) < 4.78 is 36.4. The summed E-state index contributed by atoms with van der Waals surface area (Å²) in [4.78, 5) is 25.5. The van der Waals surface area contributed by atoms with Gasteiger partial charge in [0.15, 0.2) is 6.72 Å². The summed E-state index contributed by atoms with van der Waals surface area (Å²) in [5.74, 6) is 0.454. The second-order valence-corrected chi connectivity index (χ2v) is 12.0. The Morgan fingerprint density at radius 3 is 2.65 bits per heavy atom. The van der Waals surface area contributed by atoms with Crippen LogP contribution in [-0.2, 0) is 28.3 Å². The van der Waals surface area contributed by atoms with Crippen LogP contribution in [0.3, 0.4) is 0 Å². The number of H-pyrrole nitrogens is 1. The average Bonchev–Trinajstić information content (AvgIpc) is 3.25. The summed E-state index contributed by atoms with van der Waals surface area (Å²) >= 11 is 0. The molecule has 13 heteroatoms.